The zero-order valence-corrected chi connectivity index (χ0v) is 15.4. The minimum Gasteiger partial charge on any atom is -0.495 e. The predicted molar refractivity (Wildman–Crippen MR) is 96.9 cm³/mol. The molecular formula is C19H26N2O4. The molecule has 0 bridgehead atoms. The van der Waals surface area contributed by atoms with Gasteiger partial charge in [0.25, 0.3) is 0 Å². The minimum absolute atomic E-state index is 0.0176. The summed E-state index contributed by atoms with van der Waals surface area (Å²) >= 11 is 0. The first-order valence-corrected chi connectivity index (χ1v) is 8.21. The Bertz CT molecular complexity index is 711. The third-order valence-corrected chi connectivity index (χ3v) is 3.92. The van der Waals surface area contributed by atoms with Crippen LogP contribution in [0.15, 0.2) is 34.7 Å². The van der Waals surface area contributed by atoms with E-state index in [-0.39, 0.29) is 18.0 Å². The van der Waals surface area contributed by atoms with Gasteiger partial charge < -0.3 is 19.2 Å². The highest BCUT2D eigenvalue weighted by molar-refractivity contribution is 5.90. The van der Waals surface area contributed by atoms with E-state index in [0.29, 0.717) is 18.0 Å². The van der Waals surface area contributed by atoms with E-state index in [4.69, 9.17) is 13.9 Å². The molecule has 25 heavy (non-hydrogen) atoms. The molecule has 1 heterocycles. The largest absolute Gasteiger partial charge is 0.495 e. The van der Waals surface area contributed by atoms with E-state index < -0.39 is 0 Å². The molecule has 1 aromatic carbocycles. The van der Waals surface area contributed by atoms with Crippen molar-refractivity contribution in [2.24, 2.45) is 0 Å². The fourth-order valence-corrected chi connectivity index (χ4v) is 2.70. The fraction of sp³-hybridized carbons (Fsp3) is 0.421. The van der Waals surface area contributed by atoms with E-state index >= 15 is 0 Å². The van der Waals surface area contributed by atoms with Crippen LogP contribution in [0.4, 0.5) is 5.69 Å². The van der Waals surface area contributed by atoms with Gasteiger partial charge in [-0.2, -0.15) is 0 Å². The maximum absolute atomic E-state index is 11.4. The van der Waals surface area contributed by atoms with Gasteiger partial charge in [0.15, 0.2) is 0 Å². The topological polar surface area (TPSA) is 72.7 Å². The predicted octanol–water partition coefficient (Wildman–Crippen LogP) is 3.59. The third kappa shape index (κ3) is 5.08. The first-order valence-electron chi connectivity index (χ1n) is 8.21. The lowest BCUT2D eigenvalue weighted by Gasteiger charge is -2.22. The van der Waals surface area contributed by atoms with Crippen molar-refractivity contribution in [3.05, 3.63) is 47.4 Å². The molecule has 0 fully saturated rings. The molecule has 6 heteroatoms. The van der Waals surface area contributed by atoms with Gasteiger partial charge in [0.1, 0.15) is 17.3 Å². The minimum atomic E-state index is -0.139. The standard InChI is InChI=1S/C19H26N2O4/c1-12-6-8-19(25-12)17(11-23-4)20-13(2)15-7-9-18(24-5)16(10-15)21-14(3)22/h6-10,13,17,20H,11H2,1-5H3,(H,21,22). The third-order valence-electron chi connectivity index (χ3n) is 3.92. The van der Waals surface area contributed by atoms with Crippen LogP contribution < -0.4 is 15.4 Å². The van der Waals surface area contributed by atoms with Gasteiger partial charge in [-0.1, -0.05) is 6.07 Å². The Balaban J connectivity index is 2.20. The van der Waals surface area contributed by atoms with Gasteiger partial charge in [-0.15, -0.1) is 0 Å². The monoisotopic (exact) mass is 346 g/mol. The highest BCUT2D eigenvalue weighted by atomic mass is 16.5. The Morgan fingerprint density at radius 3 is 2.56 bits per heavy atom. The van der Waals surface area contributed by atoms with Gasteiger partial charge in [0.05, 0.1) is 25.4 Å². The summed E-state index contributed by atoms with van der Waals surface area (Å²) in [5.74, 6) is 2.19. The maximum Gasteiger partial charge on any atom is 0.221 e. The summed E-state index contributed by atoms with van der Waals surface area (Å²) in [6.07, 6.45) is 0. The number of anilines is 1. The number of aryl methyl sites for hydroxylation is 1. The van der Waals surface area contributed by atoms with Crippen LogP contribution in [0.25, 0.3) is 0 Å². The number of carbonyl (C=O) groups is 1. The van der Waals surface area contributed by atoms with Gasteiger partial charge in [-0.3, -0.25) is 10.1 Å². The Labute approximate surface area is 148 Å². The number of hydrogen-bond donors (Lipinski definition) is 2. The Kier molecular flexibility index (Phi) is 6.61. The molecule has 6 nitrogen and oxygen atoms in total. The number of nitrogens with one attached hydrogen (secondary N) is 2. The molecule has 0 aliphatic rings. The first kappa shape index (κ1) is 19.0. The summed E-state index contributed by atoms with van der Waals surface area (Å²) < 4.78 is 16.3. The quantitative estimate of drug-likeness (QED) is 0.764. The number of benzene rings is 1. The van der Waals surface area contributed by atoms with E-state index in [9.17, 15) is 4.79 Å². The molecule has 2 atom stereocenters. The molecule has 2 rings (SSSR count). The average molecular weight is 346 g/mol. The summed E-state index contributed by atoms with van der Waals surface area (Å²) in [7, 11) is 3.24. The molecule has 2 aromatic rings. The molecule has 0 radical (unpaired) electrons. The lowest BCUT2D eigenvalue weighted by molar-refractivity contribution is -0.114. The van der Waals surface area contributed by atoms with Crippen molar-refractivity contribution >= 4 is 11.6 Å². The molecule has 2 N–H and O–H groups in total. The van der Waals surface area contributed by atoms with Crippen LogP contribution in [-0.2, 0) is 9.53 Å². The maximum atomic E-state index is 11.4. The zero-order valence-electron chi connectivity index (χ0n) is 15.4. The van der Waals surface area contributed by atoms with E-state index in [2.05, 4.69) is 17.6 Å². The van der Waals surface area contributed by atoms with E-state index in [0.717, 1.165) is 17.1 Å². The van der Waals surface area contributed by atoms with Crippen molar-refractivity contribution in [3.8, 4) is 5.75 Å². The number of hydrogen-bond acceptors (Lipinski definition) is 5. The number of ether oxygens (including phenoxy) is 2. The summed E-state index contributed by atoms with van der Waals surface area (Å²) in [6.45, 7) is 5.94. The number of methoxy groups -OCH3 is 2. The van der Waals surface area contributed by atoms with Gasteiger partial charge in [-0.25, -0.2) is 0 Å². The fourth-order valence-electron chi connectivity index (χ4n) is 2.70. The number of rotatable bonds is 8. The molecule has 136 valence electrons. The Hall–Kier alpha value is -2.31. The van der Waals surface area contributed by atoms with Crippen molar-refractivity contribution in [1.29, 1.82) is 0 Å². The van der Waals surface area contributed by atoms with Crippen LogP contribution in [0, 0.1) is 6.92 Å². The summed E-state index contributed by atoms with van der Waals surface area (Å²) in [5.41, 5.74) is 1.67. The van der Waals surface area contributed by atoms with E-state index in [1.54, 1.807) is 14.2 Å². The van der Waals surface area contributed by atoms with Gasteiger partial charge >= 0.3 is 0 Å². The summed E-state index contributed by atoms with van der Waals surface area (Å²) in [5, 5.41) is 6.31. The first-order chi connectivity index (χ1) is 11.9. The molecule has 0 saturated carbocycles. The zero-order chi connectivity index (χ0) is 18.4. The SMILES string of the molecule is COCC(NC(C)c1ccc(OC)c(NC(C)=O)c1)c1ccc(C)o1. The van der Waals surface area contributed by atoms with Crippen molar-refractivity contribution in [2.45, 2.75) is 32.9 Å². The van der Waals surface area contributed by atoms with E-state index in [1.807, 2.05) is 37.3 Å². The molecule has 1 aromatic heterocycles. The molecule has 0 aliphatic carbocycles. The summed E-state index contributed by atoms with van der Waals surface area (Å²) in [6, 6.07) is 9.57. The second-order valence-corrected chi connectivity index (χ2v) is 5.99. The van der Waals surface area contributed by atoms with Gasteiger partial charge in [0.2, 0.25) is 5.91 Å². The summed E-state index contributed by atoms with van der Waals surface area (Å²) in [4.78, 5) is 11.4. The number of amides is 1. The van der Waals surface area contributed by atoms with Crippen LogP contribution in [0.5, 0.6) is 5.75 Å². The second kappa shape index (κ2) is 8.69. The molecule has 2 unspecified atom stereocenters. The van der Waals surface area contributed by atoms with Crippen molar-refractivity contribution < 1.29 is 18.7 Å². The Morgan fingerprint density at radius 1 is 1.24 bits per heavy atom. The van der Waals surface area contributed by atoms with Crippen molar-refractivity contribution in [2.75, 3.05) is 26.1 Å². The van der Waals surface area contributed by atoms with Crippen LogP contribution >= 0.6 is 0 Å². The van der Waals surface area contributed by atoms with Crippen LogP contribution in [0.1, 0.15) is 43.0 Å². The van der Waals surface area contributed by atoms with E-state index in [1.165, 1.54) is 6.92 Å². The number of carbonyl (C=O) groups excluding carboxylic acids is 1. The molecule has 0 spiro atoms. The average Bonchev–Trinajstić information content (AvgIpc) is 3.00. The smallest absolute Gasteiger partial charge is 0.221 e. The number of furan rings is 1. The van der Waals surface area contributed by atoms with Gasteiger partial charge in [0, 0.05) is 20.1 Å². The highest BCUT2D eigenvalue weighted by Gasteiger charge is 2.19. The molecule has 1 amide bonds. The van der Waals surface area contributed by atoms with Gasteiger partial charge in [-0.05, 0) is 43.7 Å². The van der Waals surface area contributed by atoms with Crippen molar-refractivity contribution in [1.82, 2.24) is 5.32 Å². The molecule has 0 saturated heterocycles. The lowest BCUT2D eigenvalue weighted by atomic mass is 10.1. The molecular weight excluding hydrogens is 320 g/mol. The molecule has 0 aliphatic heterocycles. The second-order valence-electron chi connectivity index (χ2n) is 5.99. The van der Waals surface area contributed by atoms with Crippen LogP contribution in [0.3, 0.4) is 0 Å². The van der Waals surface area contributed by atoms with Crippen LogP contribution in [-0.4, -0.2) is 26.7 Å². The lowest BCUT2D eigenvalue weighted by Crippen LogP contribution is -2.27. The van der Waals surface area contributed by atoms with Crippen LogP contribution in [0.2, 0.25) is 0 Å². The Morgan fingerprint density at radius 2 is 2.00 bits per heavy atom. The highest BCUT2D eigenvalue weighted by Crippen LogP contribution is 2.29. The van der Waals surface area contributed by atoms with Crippen molar-refractivity contribution in [3.63, 3.8) is 0 Å². The normalized spacial score (nSPS) is 13.3.